The SMILES string of the molecule is Cc1cc(NC(=O)c2cccc(S(=O)(=O)N[C@@H]3c4ccccc4C[C@@H]3O)c2)ccc1F. The molecule has 0 saturated carbocycles. The lowest BCUT2D eigenvalue weighted by Gasteiger charge is -2.18. The second-order valence-electron chi connectivity index (χ2n) is 7.52. The zero-order chi connectivity index (χ0) is 22.2. The van der Waals surface area contributed by atoms with Gasteiger partial charge in [-0.3, -0.25) is 4.79 Å². The van der Waals surface area contributed by atoms with Crippen molar-refractivity contribution in [2.75, 3.05) is 5.32 Å². The molecule has 3 N–H and O–H groups in total. The van der Waals surface area contributed by atoms with E-state index in [9.17, 15) is 22.7 Å². The van der Waals surface area contributed by atoms with Crippen molar-refractivity contribution in [1.82, 2.24) is 4.72 Å². The molecular formula is C23H21FN2O4S. The van der Waals surface area contributed by atoms with E-state index < -0.39 is 28.1 Å². The molecule has 1 amide bonds. The summed E-state index contributed by atoms with van der Waals surface area (Å²) in [5.41, 5.74) is 2.55. The monoisotopic (exact) mass is 440 g/mol. The molecule has 0 aliphatic heterocycles. The van der Waals surface area contributed by atoms with E-state index in [4.69, 9.17) is 0 Å². The smallest absolute Gasteiger partial charge is 0.255 e. The third-order valence-electron chi connectivity index (χ3n) is 5.31. The number of aliphatic hydroxyl groups is 1. The lowest BCUT2D eigenvalue weighted by Crippen LogP contribution is -2.34. The van der Waals surface area contributed by atoms with Gasteiger partial charge in [0, 0.05) is 17.7 Å². The first kappa shape index (κ1) is 21.2. The van der Waals surface area contributed by atoms with E-state index >= 15 is 0 Å². The van der Waals surface area contributed by atoms with Crippen LogP contribution >= 0.6 is 0 Å². The molecule has 2 atom stereocenters. The first-order valence-corrected chi connectivity index (χ1v) is 11.2. The molecule has 0 spiro atoms. The summed E-state index contributed by atoms with van der Waals surface area (Å²) in [4.78, 5) is 12.5. The summed E-state index contributed by atoms with van der Waals surface area (Å²) in [7, 11) is -4.00. The number of benzene rings is 3. The van der Waals surface area contributed by atoms with Gasteiger partial charge in [0.15, 0.2) is 0 Å². The highest BCUT2D eigenvalue weighted by molar-refractivity contribution is 7.89. The summed E-state index contributed by atoms with van der Waals surface area (Å²) in [5.74, 6) is -0.901. The van der Waals surface area contributed by atoms with Crippen LogP contribution in [0.2, 0.25) is 0 Å². The van der Waals surface area contributed by atoms with Crippen LogP contribution in [0.4, 0.5) is 10.1 Å². The van der Waals surface area contributed by atoms with Gasteiger partial charge in [0.2, 0.25) is 10.0 Å². The van der Waals surface area contributed by atoms with Crippen molar-refractivity contribution in [3.63, 3.8) is 0 Å². The van der Waals surface area contributed by atoms with Crippen LogP contribution in [0.5, 0.6) is 0 Å². The van der Waals surface area contributed by atoms with Crippen molar-refractivity contribution >= 4 is 21.6 Å². The summed E-state index contributed by atoms with van der Waals surface area (Å²) in [6.07, 6.45) is -0.511. The van der Waals surface area contributed by atoms with Crippen LogP contribution in [0.25, 0.3) is 0 Å². The number of hydrogen-bond donors (Lipinski definition) is 3. The standard InChI is InChI=1S/C23H21FN2O4S/c1-14-11-17(9-10-20(14)24)25-23(28)16-6-4-7-18(12-16)31(29,30)26-22-19-8-3-2-5-15(19)13-21(22)27/h2-12,21-22,26-27H,13H2,1H3,(H,25,28)/t21-,22+/m0/s1. The summed E-state index contributed by atoms with van der Waals surface area (Å²) < 4.78 is 41.9. The molecule has 3 aromatic rings. The molecule has 0 unspecified atom stereocenters. The number of rotatable bonds is 5. The lowest BCUT2D eigenvalue weighted by atomic mass is 10.1. The molecule has 3 aromatic carbocycles. The number of halogens is 1. The fraction of sp³-hybridized carbons (Fsp3) is 0.174. The Morgan fingerprint density at radius 3 is 2.61 bits per heavy atom. The number of carbonyl (C=O) groups is 1. The largest absolute Gasteiger partial charge is 0.391 e. The van der Waals surface area contributed by atoms with Crippen molar-refractivity contribution in [1.29, 1.82) is 0 Å². The van der Waals surface area contributed by atoms with Gasteiger partial charge in [-0.05, 0) is 60.0 Å². The average molecular weight is 440 g/mol. The molecule has 160 valence electrons. The zero-order valence-corrected chi connectivity index (χ0v) is 17.5. The predicted octanol–water partition coefficient (Wildman–Crippen LogP) is 3.32. The first-order valence-electron chi connectivity index (χ1n) is 9.70. The van der Waals surface area contributed by atoms with E-state index in [2.05, 4.69) is 10.0 Å². The second-order valence-corrected chi connectivity index (χ2v) is 9.23. The summed E-state index contributed by atoms with van der Waals surface area (Å²) in [6, 6.07) is 16.3. The molecule has 0 heterocycles. The number of amides is 1. The Morgan fingerprint density at radius 2 is 1.84 bits per heavy atom. The number of hydrogen-bond acceptors (Lipinski definition) is 4. The van der Waals surface area contributed by atoms with Gasteiger partial charge >= 0.3 is 0 Å². The number of sulfonamides is 1. The fourth-order valence-corrected chi connectivity index (χ4v) is 4.98. The van der Waals surface area contributed by atoms with E-state index in [0.29, 0.717) is 17.7 Å². The highest BCUT2D eigenvalue weighted by Crippen LogP contribution is 2.32. The molecule has 8 heteroatoms. The number of aliphatic hydroxyl groups excluding tert-OH is 1. The number of nitrogens with one attached hydrogen (secondary N) is 2. The summed E-state index contributed by atoms with van der Waals surface area (Å²) in [5, 5.41) is 13.0. The van der Waals surface area contributed by atoms with E-state index in [1.807, 2.05) is 12.1 Å². The molecule has 0 saturated heterocycles. The van der Waals surface area contributed by atoms with Crippen LogP contribution in [-0.4, -0.2) is 25.5 Å². The second kappa shape index (κ2) is 8.22. The molecule has 31 heavy (non-hydrogen) atoms. The zero-order valence-electron chi connectivity index (χ0n) is 16.7. The van der Waals surface area contributed by atoms with Crippen LogP contribution < -0.4 is 10.0 Å². The van der Waals surface area contributed by atoms with Crippen molar-refractivity contribution in [3.05, 3.63) is 94.8 Å². The van der Waals surface area contributed by atoms with Gasteiger partial charge in [0.05, 0.1) is 17.0 Å². The summed E-state index contributed by atoms with van der Waals surface area (Å²) in [6.45, 7) is 1.58. The molecule has 0 bridgehead atoms. The molecule has 6 nitrogen and oxygen atoms in total. The van der Waals surface area contributed by atoms with Crippen molar-refractivity contribution in [3.8, 4) is 0 Å². The van der Waals surface area contributed by atoms with Crippen LogP contribution in [0, 0.1) is 12.7 Å². The van der Waals surface area contributed by atoms with Gasteiger partial charge in [-0.15, -0.1) is 0 Å². The normalized spacial score (nSPS) is 17.9. The summed E-state index contributed by atoms with van der Waals surface area (Å²) >= 11 is 0. The highest BCUT2D eigenvalue weighted by atomic mass is 32.2. The number of carbonyl (C=O) groups excluding carboxylic acids is 1. The predicted molar refractivity (Wildman–Crippen MR) is 115 cm³/mol. The van der Waals surface area contributed by atoms with E-state index in [-0.39, 0.29) is 16.3 Å². The minimum Gasteiger partial charge on any atom is -0.391 e. The number of anilines is 1. The average Bonchev–Trinajstić information content (AvgIpc) is 3.05. The van der Waals surface area contributed by atoms with Crippen molar-refractivity contribution < 1.29 is 22.7 Å². The van der Waals surface area contributed by atoms with Gasteiger partial charge in [0.25, 0.3) is 5.91 Å². The van der Waals surface area contributed by atoms with Gasteiger partial charge in [-0.25, -0.2) is 17.5 Å². The number of fused-ring (bicyclic) bond motifs is 1. The highest BCUT2D eigenvalue weighted by Gasteiger charge is 2.34. The van der Waals surface area contributed by atoms with E-state index in [1.54, 1.807) is 19.1 Å². The molecule has 1 aliphatic rings. The quantitative estimate of drug-likeness (QED) is 0.567. The Hall–Kier alpha value is -3.07. The Kier molecular flexibility index (Phi) is 5.62. The molecule has 1 aliphatic carbocycles. The number of aryl methyl sites for hydroxylation is 1. The van der Waals surface area contributed by atoms with Crippen LogP contribution in [0.3, 0.4) is 0 Å². The van der Waals surface area contributed by atoms with Crippen LogP contribution in [-0.2, 0) is 16.4 Å². The molecular weight excluding hydrogens is 419 g/mol. The van der Waals surface area contributed by atoms with Gasteiger partial charge in [0.1, 0.15) is 5.82 Å². The maximum absolute atomic E-state index is 13.4. The third-order valence-corrected chi connectivity index (χ3v) is 6.75. The Bertz CT molecular complexity index is 1260. The fourth-order valence-electron chi connectivity index (χ4n) is 3.68. The van der Waals surface area contributed by atoms with Gasteiger partial charge in [-0.1, -0.05) is 30.3 Å². The topological polar surface area (TPSA) is 95.5 Å². The molecule has 0 fully saturated rings. The molecule has 0 aromatic heterocycles. The lowest BCUT2D eigenvalue weighted by molar-refractivity contribution is 0.102. The molecule has 4 rings (SSSR count). The van der Waals surface area contributed by atoms with Crippen molar-refractivity contribution in [2.45, 2.75) is 30.4 Å². The van der Waals surface area contributed by atoms with Crippen LogP contribution in [0.15, 0.2) is 71.6 Å². The first-order chi connectivity index (χ1) is 14.7. The Morgan fingerprint density at radius 1 is 1.06 bits per heavy atom. The minimum atomic E-state index is -4.00. The van der Waals surface area contributed by atoms with Gasteiger partial charge < -0.3 is 10.4 Å². The van der Waals surface area contributed by atoms with Crippen LogP contribution in [0.1, 0.15) is 33.1 Å². The van der Waals surface area contributed by atoms with E-state index in [1.165, 1.54) is 42.5 Å². The Balaban J connectivity index is 1.55. The van der Waals surface area contributed by atoms with Gasteiger partial charge in [-0.2, -0.15) is 0 Å². The third kappa shape index (κ3) is 4.36. The maximum atomic E-state index is 13.4. The Labute approximate surface area is 179 Å². The minimum absolute atomic E-state index is 0.0907. The molecule has 0 radical (unpaired) electrons. The maximum Gasteiger partial charge on any atom is 0.255 e. The van der Waals surface area contributed by atoms with E-state index in [0.717, 1.165) is 11.1 Å². The van der Waals surface area contributed by atoms with Crippen molar-refractivity contribution in [2.24, 2.45) is 0 Å².